The van der Waals surface area contributed by atoms with E-state index in [-0.39, 0.29) is 30.5 Å². The molecule has 2 fully saturated rings. The van der Waals surface area contributed by atoms with Gasteiger partial charge in [0.2, 0.25) is 0 Å². The first-order valence-electron chi connectivity index (χ1n) is 13.5. The Balaban J connectivity index is 1.44. The van der Waals surface area contributed by atoms with E-state index in [1.807, 2.05) is 12.2 Å². The minimum Gasteiger partial charge on any atom is -0.456 e. The van der Waals surface area contributed by atoms with Crippen LogP contribution in [0.2, 0.25) is 0 Å². The number of cyclic esters (lactones) is 1. The molecule has 0 aromatic heterocycles. The van der Waals surface area contributed by atoms with Gasteiger partial charge in [-0.25, -0.2) is 4.79 Å². The molecule has 4 rings (SSSR count). The summed E-state index contributed by atoms with van der Waals surface area (Å²) in [5.41, 5.74) is 0.995. The van der Waals surface area contributed by atoms with E-state index < -0.39 is 24.3 Å². The summed E-state index contributed by atoms with van der Waals surface area (Å²) in [6.45, 7) is 7.10. The summed E-state index contributed by atoms with van der Waals surface area (Å²) in [5.74, 6) is -0.125. The molecule has 4 heterocycles. The van der Waals surface area contributed by atoms with Crippen LogP contribution in [-0.2, 0) is 23.7 Å². The summed E-state index contributed by atoms with van der Waals surface area (Å²) in [5, 5.41) is 21.6. The molecule has 0 aromatic carbocycles. The van der Waals surface area contributed by atoms with Crippen LogP contribution in [0.3, 0.4) is 0 Å². The van der Waals surface area contributed by atoms with E-state index in [2.05, 4.69) is 19.6 Å². The van der Waals surface area contributed by atoms with E-state index in [9.17, 15) is 15.0 Å². The third-order valence-electron chi connectivity index (χ3n) is 7.39. The van der Waals surface area contributed by atoms with Crippen molar-refractivity contribution in [1.82, 2.24) is 0 Å². The molecule has 9 atom stereocenters. The largest absolute Gasteiger partial charge is 0.456 e. The lowest BCUT2D eigenvalue weighted by Gasteiger charge is -2.28. The number of rotatable bonds is 3. The lowest BCUT2D eigenvalue weighted by Crippen LogP contribution is -2.32. The molecule has 7 heteroatoms. The number of fused-ring (bicyclic) bond motifs is 3. The highest BCUT2D eigenvalue weighted by Crippen LogP contribution is 2.35. The van der Waals surface area contributed by atoms with Gasteiger partial charge in [0, 0.05) is 19.1 Å². The van der Waals surface area contributed by atoms with Gasteiger partial charge in [0.05, 0.1) is 30.5 Å². The number of aliphatic hydroxyl groups excluding tert-OH is 2. The minimum atomic E-state index is -0.998. The topological polar surface area (TPSA) is 97.8 Å². The maximum Gasteiger partial charge on any atom is 0.330 e. The molecule has 0 aliphatic carbocycles. The maximum atomic E-state index is 12.6. The van der Waals surface area contributed by atoms with Crippen LogP contribution in [0.25, 0.3) is 0 Å². The SMILES string of the molecule is C=C1C[C@H](C)C[C@@H]2CC=C[C@@H](C/C=C\C(=O)OC([C@@H](O)/C=C/C3CCCCO3)C[C@@H]3O[C@H]3[C@@H](O)C1)O2. The Morgan fingerprint density at radius 2 is 2.00 bits per heavy atom. The summed E-state index contributed by atoms with van der Waals surface area (Å²) in [7, 11) is 0. The first-order chi connectivity index (χ1) is 17.4. The van der Waals surface area contributed by atoms with Crippen LogP contribution < -0.4 is 0 Å². The molecule has 2 saturated heterocycles. The molecule has 4 aliphatic heterocycles. The molecular weight excluding hydrogens is 460 g/mol. The van der Waals surface area contributed by atoms with Crippen LogP contribution in [0.15, 0.2) is 48.6 Å². The van der Waals surface area contributed by atoms with Crippen molar-refractivity contribution >= 4 is 5.97 Å². The van der Waals surface area contributed by atoms with Gasteiger partial charge in [-0.05, 0) is 57.3 Å². The average molecular weight is 503 g/mol. The second-order valence-electron chi connectivity index (χ2n) is 10.8. The fraction of sp³-hybridized carbons (Fsp3) is 0.690. The van der Waals surface area contributed by atoms with Gasteiger partial charge < -0.3 is 29.2 Å². The highest BCUT2D eigenvalue weighted by atomic mass is 16.6. The molecule has 2 bridgehead atoms. The van der Waals surface area contributed by atoms with Gasteiger partial charge in [0.1, 0.15) is 18.3 Å². The average Bonchev–Trinajstić information content (AvgIpc) is 3.62. The molecule has 0 aromatic rings. The van der Waals surface area contributed by atoms with E-state index in [0.717, 1.165) is 44.1 Å². The Kier molecular flexibility index (Phi) is 9.96. The van der Waals surface area contributed by atoms with Gasteiger partial charge in [-0.3, -0.25) is 0 Å². The fourth-order valence-corrected chi connectivity index (χ4v) is 5.47. The second-order valence-corrected chi connectivity index (χ2v) is 10.8. The van der Waals surface area contributed by atoms with E-state index in [4.69, 9.17) is 18.9 Å². The van der Waals surface area contributed by atoms with Gasteiger partial charge in [0.15, 0.2) is 0 Å². The number of ether oxygens (including phenoxy) is 4. The Morgan fingerprint density at radius 3 is 2.81 bits per heavy atom. The summed E-state index contributed by atoms with van der Waals surface area (Å²) in [6.07, 6.45) is 14.8. The Bertz CT molecular complexity index is 827. The van der Waals surface area contributed by atoms with Crippen LogP contribution in [0, 0.1) is 5.92 Å². The van der Waals surface area contributed by atoms with Crippen LogP contribution in [0.5, 0.6) is 0 Å². The van der Waals surface area contributed by atoms with Crippen molar-refractivity contribution in [2.45, 2.75) is 114 Å². The smallest absolute Gasteiger partial charge is 0.330 e. The maximum absolute atomic E-state index is 12.6. The molecule has 7 nitrogen and oxygen atoms in total. The van der Waals surface area contributed by atoms with Crippen molar-refractivity contribution in [2.24, 2.45) is 5.92 Å². The monoisotopic (exact) mass is 502 g/mol. The van der Waals surface area contributed by atoms with Crippen LogP contribution in [-0.4, -0.2) is 71.6 Å². The summed E-state index contributed by atoms with van der Waals surface area (Å²) < 4.78 is 23.3. The first-order valence-corrected chi connectivity index (χ1v) is 13.5. The number of epoxide rings is 1. The van der Waals surface area contributed by atoms with Gasteiger partial charge in [0.25, 0.3) is 0 Å². The molecule has 36 heavy (non-hydrogen) atoms. The summed E-state index contributed by atoms with van der Waals surface area (Å²) in [4.78, 5) is 12.6. The number of hydrogen-bond donors (Lipinski definition) is 2. The highest BCUT2D eigenvalue weighted by molar-refractivity contribution is 5.82. The third kappa shape index (κ3) is 8.38. The van der Waals surface area contributed by atoms with Gasteiger partial charge >= 0.3 is 5.97 Å². The van der Waals surface area contributed by atoms with Crippen molar-refractivity contribution in [3.63, 3.8) is 0 Å². The number of esters is 1. The predicted octanol–water partition coefficient (Wildman–Crippen LogP) is 3.94. The Morgan fingerprint density at radius 1 is 1.14 bits per heavy atom. The summed E-state index contributed by atoms with van der Waals surface area (Å²) >= 11 is 0. The van der Waals surface area contributed by atoms with Crippen molar-refractivity contribution in [3.8, 4) is 0 Å². The Labute approximate surface area is 214 Å². The predicted molar refractivity (Wildman–Crippen MR) is 136 cm³/mol. The number of hydrogen-bond acceptors (Lipinski definition) is 7. The molecule has 2 N–H and O–H groups in total. The third-order valence-corrected chi connectivity index (χ3v) is 7.39. The van der Waals surface area contributed by atoms with Crippen molar-refractivity contribution < 1.29 is 34.0 Å². The molecule has 0 radical (unpaired) electrons. The molecule has 0 amide bonds. The van der Waals surface area contributed by atoms with Crippen molar-refractivity contribution in [1.29, 1.82) is 0 Å². The normalized spacial score (nSPS) is 40.5. The zero-order valence-electron chi connectivity index (χ0n) is 21.4. The van der Waals surface area contributed by atoms with Gasteiger partial charge in [-0.2, -0.15) is 0 Å². The lowest BCUT2D eigenvalue weighted by atomic mass is 9.91. The zero-order valence-corrected chi connectivity index (χ0v) is 21.4. The number of carbonyl (C=O) groups is 1. The molecular formula is C29H42O7. The fourth-order valence-electron chi connectivity index (χ4n) is 5.47. The summed E-state index contributed by atoms with van der Waals surface area (Å²) in [6, 6.07) is 0. The molecule has 2 unspecified atom stereocenters. The standard InChI is InChI=1S/C29H42O7/c1-19-15-20(2)17-25(31)29-27(36-29)18-26(24(30)13-12-21-7-3-4-14-33-21)35-28(32)11-6-9-22-8-5-10-23(16-19)34-22/h5-6,8,11-13,19,21-27,29-31H,2-4,7,9-10,14-18H2,1H3/b11-6-,13-12+/t19-,21?,22-,23-,24-,25-,26?,27-,29-/m0/s1. The molecule has 0 saturated carbocycles. The highest BCUT2D eigenvalue weighted by Gasteiger charge is 2.46. The minimum absolute atomic E-state index is 0.0317. The molecule has 0 spiro atoms. The number of carbonyl (C=O) groups excluding carboxylic acids is 1. The van der Waals surface area contributed by atoms with E-state index in [0.29, 0.717) is 31.8 Å². The van der Waals surface area contributed by atoms with Crippen LogP contribution >= 0.6 is 0 Å². The van der Waals surface area contributed by atoms with Crippen molar-refractivity contribution in [3.05, 3.63) is 48.6 Å². The van der Waals surface area contributed by atoms with Gasteiger partial charge in [-0.1, -0.05) is 49.5 Å². The van der Waals surface area contributed by atoms with Crippen molar-refractivity contribution in [2.75, 3.05) is 6.61 Å². The lowest BCUT2D eigenvalue weighted by molar-refractivity contribution is -0.148. The Hall–Kier alpha value is -1.77. The first kappa shape index (κ1) is 27.3. The van der Waals surface area contributed by atoms with E-state index in [1.165, 1.54) is 6.08 Å². The van der Waals surface area contributed by atoms with Gasteiger partial charge in [-0.15, -0.1) is 0 Å². The number of aliphatic hydroxyl groups is 2. The molecule has 200 valence electrons. The van der Waals surface area contributed by atoms with Crippen LogP contribution in [0.4, 0.5) is 0 Å². The molecule has 4 aliphatic rings. The quantitative estimate of drug-likeness (QED) is 0.343. The second kappa shape index (κ2) is 13.2. The van der Waals surface area contributed by atoms with E-state index >= 15 is 0 Å². The zero-order chi connectivity index (χ0) is 25.5. The van der Waals surface area contributed by atoms with E-state index in [1.54, 1.807) is 12.2 Å². The van der Waals surface area contributed by atoms with Crippen LogP contribution in [0.1, 0.15) is 64.7 Å².